The zero-order chi connectivity index (χ0) is 19.9. The van der Waals surface area contributed by atoms with Gasteiger partial charge in [-0.05, 0) is 28.8 Å². The second kappa shape index (κ2) is 9.45. The molecule has 2 aromatic rings. The molecule has 29 heavy (non-hydrogen) atoms. The molecule has 1 aliphatic carbocycles. The number of tetrazole rings is 1. The minimum Gasteiger partial charge on any atom is -0.379 e. The molecule has 1 aromatic carbocycles. The van der Waals surface area contributed by atoms with E-state index in [-0.39, 0.29) is 11.3 Å². The van der Waals surface area contributed by atoms with Crippen molar-refractivity contribution in [1.82, 2.24) is 30.4 Å². The van der Waals surface area contributed by atoms with Crippen molar-refractivity contribution in [3.63, 3.8) is 0 Å². The number of nitrogens with zero attached hydrogens (tertiary/aromatic N) is 5. The van der Waals surface area contributed by atoms with Gasteiger partial charge in [-0.25, -0.2) is 4.68 Å². The van der Waals surface area contributed by atoms with Gasteiger partial charge in [0.25, 0.3) is 0 Å². The first-order chi connectivity index (χ1) is 14.3. The van der Waals surface area contributed by atoms with E-state index in [4.69, 9.17) is 4.74 Å². The molecule has 2 heterocycles. The van der Waals surface area contributed by atoms with Gasteiger partial charge in [-0.3, -0.25) is 9.69 Å². The van der Waals surface area contributed by atoms with E-state index in [0.717, 1.165) is 45.0 Å². The molecule has 4 rings (SSSR count). The lowest BCUT2D eigenvalue weighted by Crippen LogP contribution is -2.39. The van der Waals surface area contributed by atoms with Gasteiger partial charge in [-0.15, -0.1) is 5.10 Å². The maximum Gasteiger partial charge on any atom is 0.221 e. The van der Waals surface area contributed by atoms with Crippen LogP contribution in [0.5, 0.6) is 0 Å². The molecule has 0 atom stereocenters. The third kappa shape index (κ3) is 5.00. The summed E-state index contributed by atoms with van der Waals surface area (Å²) in [5.74, 6) is 0.858. The van der Waals surface area contributed by atoms with E-state index >= 15 is 0 Å². The highest BCUT2D eigenvalue weighted by atomic mass is 16.5. The molecule has 2 fully saturated rings. The maximum atomic E-state index is 12.5. The van der Waals surface area contributed by atoms with Gasteiger partial charge in [0.15, 0.2) is 5.82 Å². The molecule has 2 aliphatic rings. The summed E-state index contributed by atoms with van der Waals surface area (Å²) >= 11 is 0. The number of nitrogens with one attached hydrogen (secondary N) is 1. The van der Waals surface area contributed by atoms with Crippen molar-refractivity contribution >= 4 is 5.91 Å². The standard InChI is InChI=1S/C21H30N6O2/c28-20(22-17-21(9-4-5-10-21)18-6-2-1-3-7-18)8-11-27-19(23-24-25-27)16-26-12-14-29-15-13-26/h1-3,6-7H,4-5,8-17H2,(H,22,28). The monoisotopic (exact) mass is 398 g/mol. The van der Waals surface area contributed by atoms with Crippen LogP contribution in [0.25, 0.3) is 0 Å². The van der Waals surface area contributed by atoms with E-state index in [1.165, 1.54) is 18.4 Å². The van der Waals surface area contributed by atoms with Crippen LogP contribution in [-0.4, -0.2) is 63.9 Å². The van der Waals surface area contributed by atoms with Gasteiger partial charge in [-0.1, -0.05) is 43.2 Å². The Hall–Kier alpha value is -2.32. The smallest absolute Gasteiger partial charge is 0.221 e. The molecule has 0 spiro atoms. The van der Waals surface area contributed by atoms with E-state index in [0.29, 0.717) is 26.1 Å². The van der Waals surface area contributed by atoms with Crippen LogP contribution in [0.15, 0.2) is 30.3 Å². The maximum absolute atomic E-state index is 12.5. The van der Waals surface area contributed by atoms with Crippen molar-refractivity contribution in [2.24, 2.45) is 0 Å². The first-order valence-corrected chi connectivity index (χ1v) is 10.6. The summed E-state index contributed by atoms with van der Waals surface area (Å²) in [4.78, 5) is 14.8. The van der Waals surface area contributed by atoms with Gasteiger partial charge in [0.05, 0.1) is 26.3 Å². The van der Waals surface area contributed by atoms with E-state index in [1.807, 2.05) is 6.07 Å². The van der Waals surface area contributed by atoms with Crippen molar-refractivity contribution in [1.29, 1.82) is 0 Å². The zero-order valence-corrected chi connectivity index (χ0v) is 16.9. The molecule has 0 bridgehead atoms. The number of rotatable bonds is 8. The molecule has 0 unspecified atom stereocenters. The van der Waals surface area contributed by atoms with E-state index < -0.39 is 0 Å². The van der Waals surface area contributed by atoms with Crippen molar-refractivity contribution < 1.29 is 9.53 Å². The lowest BCUT2D eigenvalue weighted by Gasteiger charge is -2.30. The fraction of sp³-hybridized carbons (Fsp3) is 0.619. The first-order valence-electron chi connectivity index (χ1n) is 10.6. The Morgan fingerprint density at radius 1 is 1.14 bits per heavy atom. The largest absolute Gasteiger partial charge is 0.379 e. The average Bonchev–Trinajstić information content (AvgIpc) is 3.42. The molecule has 1 aliphatic heterocycles. The van der Waals surface area contributed by atoms with E-state index in [2.05, 4.69) is 50.0 Å². The number of ether oxygens (including phenoxy) is 1. The highest BCUT2D eigenvalue weighted by Gasteiger charge is 2.35. The van der Waals surface area contributed by atoms with Gasteiger partial charge in [0.2, 0.25) is 5.91 Å². The number of carbonyl (C=O) groups is 1. The summed E-state index contributed by atoms with van der Waals surface area (Å²) < 4.78 is 7.13. The van der Waals surface area contributed by atoms with Crippen LogP contribution >= 0.6 is 0 Å². The minimum absolute atomic E-state index is 0.0556. The molecule has 8 nitrogen and oxygen atoms in total. The van der Waals surface area contributed by atoms with Crippen LogP contribution in [0.2, 0.25) is 0 Å². The molecular formula is C21H30N6O2. The Morgan fingerprint density at radius 3 is 2.66 bits per heavy atom. The molecule has 1 N–H and O–H groups in total. The predicted molar refractivity (Wildman–Crippen MR) is 108 cm³/mol. The summed E-state index contributed by atoms with van der Waals surface area (Å²) in [5.41, 5.74) is 1.42. The number of morpholine rings is 1. The van der Waals surface area contributed by atoms with Gasteiger partial charge < -0.3 is 10.1 Å². The number of carbonyl (C=O) groups excluding carboxylic acids is 1. The SMILES string of the molecule is O=C(CCn1nnnc1CN1CCOCC1)NCC1(c2ccccc2)CCCC1. The predicted octanol–water partition coefficient (Wildman–Crippen LogP) is 1.52. The molecule has 1 saturated heterocycles. The molecule has 156 valence electrons. The van der Waals surface area contributed by atoms with Crippen molar-refractivity contribution in [3.8, 4) is 0 Å². The van der Waals surface area contributed by atoms with Crippen LogP contribution in [0.4, 0.5) is 0 Å². The highest BCUT2D eigenvalue weighted by molar-refractivity contribution is 5.76. The highest BCUT2D eigenvalue weighted by Crippen LogP contribution is 2.40. The Balaban J connectivity index is 1.29. The quantitative estimate of drug-likeness (QED) is 0.726. The van der Waals surface area contributed by atoms with Crippen LogP contribution in [0.1, 0.15) is 43.5 Å². The van der Waals surface area contributed by atoms with Crippen molar-refractivity contribution in [2.45, 2.75) is 50.6 Å². The number of amides is 1. The molecule has 1 aromatic heterocycles. The molecule has 1 saturated carbocycles. The Bertz CT molecular complexity index is 781. The van der Waals surface area contributed by atoms with Crippen LogP contribution in [0, 0.1) is 0 Å². The average molecular weight is 399 g/mol. The summed E-state index contributed by atoms with van der Waals surface area (Å²) in [6.45, 7) is 5.14. The van der Waals surface area contributed by atoms with Gasteiger partial charge in [-0.2, -0.15) is 0 Å². The summed E-state index contributed by atoms with van der Waals surface area (Å²) in [5, 5.41) is 15.2. The minimum atomic E-state index is 0.0556. The Morgan fingerprint density at radius 2 is 1.90 bits per heavy atom. The Labute approximate surface area is 171 Å². The topological polar surface area (TPSA) is 85.2 Å². The summed E-state index contributed by atoms with van der Waals surface area (Å²) in [6, 6.07) is 10.6. The molecule has 0 radical (unpaired) electrons. The second-order valence-corrected chi connectivity index (χ2v) is 8.09. The summed E-state index contributed by atoms with van der Waals surface area (Å²) in [7, 11) is 0. The van der Waals surface area contributed by atoms with E-state index in [1.54, 1.807) is 4.68 Å². The number of hydrogen-bond donors (Lipinski definition) is 1. The lowest BCUT2D eigenvalue weighted by atomic mass is 9.79. The van der Waals surface area contributed by atoms with Gasteiger partial charge >= 0.3 is 0 Å². The number of hydrogen-bond acceptors (Lipinski definition) is 6. The zero-order valence-electron chi connectivity index (χ0n) is 16.9. The lowest BCUT2D eigenvalue weighted by molar-refractivity contribution is -0.121. The fourth-order valence-corrected chi connectivity index (χ4v) is 4.44. The second-order valence-electron chi connectivity index (χ2n) is 8.09. The Kier molecular flexibility index (Phi) is 6.51. The fourth-order valence-electron chi connectivity index (χ4n) is 4.44. The molecule has 8 heteroatoms. The van der Waals surface area contributed by atoms with Gasteiger partial charge in [0.1, 0.15) is 0 Å². The third-order valence-corrected chi connectivity index (χ3v) is 6.20. The van der Waals surface area contributed by atoms with Gasteiger partial charge in [0, 0.05) is 31.5 Å². The first kappa shape index (κ1) is 20.0. The number of aryl methyl sites for hydroxylation is 1. The van der Waals surface area contributed by atoms with Crippen LogP contribution in [-0.2, 0) is 28.0 Å². The molecule has 1 amide bonds. The van der Waals surface area contributed by atoms with Crippen LogP contribution in [0.3, 0.4) is 0 Å². The number of aromatic nitrogens is 4. The number of benzene rings is 1. The van der Waals surface area contributed by atoms with Crippen molar-refractivity contribution in [3.05, 3.63) is 41.7 Å². The molecular weight excluding hydrogens is 368 g/mol. The van der Waals surface area contributed by atoms with Crippen molar-refractivity contribution in [2.75, 3.05) is 32.8 Å². The summed E-state index contributed by atoms with van der Waals surface area (Å²) in [6.07, 6.45) is 5.09. The van der Waals surface area contributed by atoms with E-state index in [9.17, 15) is 4.79 Å². The normalized spacial score (nSPS) is 19.3. The van der Waals surface area contributed by atoms with Crippen LogP contribution < -0.4 is 5.32 Å². The third-order valence-electron chi connectivity index (χ3n) is 6.20.